The number of azo groups is 1. The van der Waals surface area contributed by atoms with Crippen LogP contribution >= 0.6 is 0 Å². The minimum atomic E-state index is 0.288. The highest BCUT2D eigenvalue weighted by atomic mass is 15.1. The van der Waals surface area contributed by atoms with E-state index in [2.05, 4.69) is 34.5 Å². The molecule has 0 aromatic carbocycles. The summed E-state index contributed by atoms with van der Waals surface area (Å²) in [6.45, 7) is 0.885. The van der Waals surface area contributed by atoms with Crippen molar-refractivity contribution in [3.63, 3.8) is 0 Å². The molecule has 0 aromatic heterocycles. The van der Waals surface area contributed by atoms with Gasteiger partial charge in [0.05, 0.1) is 6.54 Å². The summed E-state index contributed by atoms with van der Waals surface area (Å²) in [4.78, 5) is 0. The fraction of sp³-hybridized carbons (Fsp3) is 0.538. The molecule has 0 N–H and O–H groups in total. The Hall–Kier alpha value is -1.18. The van der Waals surface area contributed by atoms with E-state index in [4.69, 9.17) is 0 Å². The Morgan fingerprint density at radius 2 is 2.33 bits per heavy atom. The van der Waals surface area contributed by atoms with E-state index in [1.807, 2.05) is 0 Å². The predicted octanol–water partition coefficient (Wildman–Crippen LogP) is 3.43. The van der Waals surface area contributed by atoms with Crippen molar-refractivity contribution in [3.8, 4) is 0 Å². The van der Waals surface area contributed by atoms with E-state index >= 15 is 0 Å². The van der Waals surface area contributed by atoms with E-state index in [9.17, 15) is 0 Å². The van der Waals surface area contributed by atoms with Crippen molar-refractivity contribution < 1.29 is 0 Å². The third-order valence-corrected chi connectivity index (χ3v) is 3.60. The van der Waals surface area contributed by atoms with Crippen LogP contribution < -0.4 is 0 Å². The second-order valence-corrected chi connectivity index (χ2v) is 4.52. The number of hydrogen-bond acceptors (Lipinski definition) is 2. The van der Waals surface area contributed by atoms with Crippen LogP contribution in [-0.4, -0.2) is 12.6 Å². The van der Waals surface area contributed by atoms with Crippen molar-refractivity contribution in [1.29, 1.82) is 0 Å². The molecule has 78 valence electrons. The van der Waals surface area contributed by atoms with Gasteiger partial charge in [0.25, 0.3) is 0 Å². The molecular weight excluding hydrogens is 184 g/mol. The van der Waals surface area contributed by atoms with Crippen LogP contribution in [0.4, 0.5) is 0 Å². The van der Waals surface area contributed by atoms with E-state index in [1.54, 1.807) is 0 Å². The predicted molar refractivity (Wildman–Crippen MR) is 60.8 cm³/mol. The molecule has 3 aliphatic rings. The molecule has 2 nitrogen and oxygen atoms in total. The van der Waals surface area contributed by atoms with Gasteiger partial charge in [0.2, 0.25) is 0 Å². The molecule has 1 aliphatic heterocycles. The normalized spacial score (nSPS) is 33.6. The second kappa shape index (κ2) is 3.76. The largest absolute Gasteiger partial charge is 0.193 e. The third kappa shape index (κ3) is 1.58. The van der Waals surface area contributed by atoms with Gasteiger partial charge in [-0.25, -0.2) is 0 Å². The molecule has 2 unspecified atom stereocenters. The summed E-state index contributed by atoms with van der Waals surface area (Å²) in [6, 6.07) is 0.288. The first-order valence-corrected chi connectivity index (χ1v) is 5.87. The van der Waals surface area contributed by atoms with E-state index in [0.29, 0.717) is 5.92 Å². The Bertz CT molecular complexity index is 374. The summed E-state index contributed by atoms with van der Waals surface area (Å²) in [5.41, 5.74) is 3.01. The molecule has 15 heavy (non-hydrogen) atoms. The Labute approximate surface area is 90.5 Å². The van der Waals surface area contributed by atoms with Crippen molar-refractivity contribution in [2.75, 3.05) is 6.54 Å². The highest BCUT2D eigenvalue weighted by Crippen LogP contribution is 2.37. The second-order valence-electron chi connectivity index (χ2n) is 4.52. The molecule has 0 aromatic rings. The monoisotopic (exact) mass is 200 g/mol. The summed E-state index contributed by atoms with van der Waals surface area (Å²) >= 11 is 0. The van der Waals surface area contributed by atoms with Crippen LogP contribution in [0.1, 0.15) is 25.7 Å². The van der Waals surface area contributed by atoms with Crippen molar-refractivity contribution in [3.05, 3.63) is 35.5 Å². The third-order valence-electron chi connectivity index (χ3n) is 3.60. The first-order chi connectivity index (χ1) is 7.45. The molecule has 0 amide bonds. The highest BCUT2D eigenvalue weighted by molar-refractivity contribution is 5.35. The molecule has 1 heterocycles. The zero-order valence-electron chi connectivity index (χ0n) is 8.89. The maximum Gasteiger partial charge on any atom is 0.113 e. The van der Waals surface area contributed by atoms with E-state index in [0.717, 1.165) is 13.0 Å². The van der Waals surface area contributed by atoms with Crippen LogP contribution in [0.15, 0.2) is 45.7 Å². The summed E-state index contributed by atoms with van der Waals surface area (Å²) in [5.74, 6) is 0.714. The fourth-order valence-corrected chi connectivity index (χ4v) is 2.79. The van der Waals surface area contributed by atoms with Crippen LogP contribution in [0, 0.1) is 5.92 Å². The first kappa shape index (κ1) is 9.08. The van der Waals surface area contributed by atoms with Gasteiger partial charge in [-0.3, -0.25) is 0 Å². The van der Waals surface area contributed by atoms with Crippen LogP contribution in [0.3, 0.4) is 0 Å². The van der Waals surface area contributed by atoms with Gasteiger partial charge in [0.1, 0.15) is 6.04 Å². The maximum atomic E-state index is 4.45. The van der Waals surface area contributed by atoms with Gasteiger partial charge in [0, 0.05) is 0 Å². The van der Waals surface area contributed by atoms with E-state index in [1.165, 1.54) is 30.4 Å². The first-order valence-electron chi connectivity index (χ1n) is 5.87. The van der Waals surface area contributed by atoms with Gasteiger partial charge < -0.3 is 0 Å². The van der Waals surface area contributed by atoms with E-state index < -0.39 is 0 Å². The lowest BCUT2D eigenvalue weighted by Crippen LogP contribution is -2.20. The lowest BCUT2D eigenvalue weighted by atomic mass is 9.83. The Balaban J connectivity index is 2.01. The van der Waals surface area contributed by atoms with Crippen molar-refractivity contribution in [1.82, 2.24) is 0 Å². The standard InChI is InChI=1S/C13H16N2/c1-2-7-12-10(4-1)5-3-6-11-8-9-14-15-13(11)12/h1-2,6-7,10,13H,3-5,8-9H2. The zero-order chi connectivity index (χ0) is 10.1. The summed E-state index contributed by atoms with van der Waals surface area (Å²) in [7, 11) is 0. The maximum absolute atomic E-state index is 4.45. The van der Waals surface area contributed by atoms with Gasteiger partial charge in [-0.15, -0.1) is 0 Å². The van der Waals surface area contributed by atoms with Crippen molar-refractivity contribution in [2.45, 2.75) is 31.7 Å². The molecule has 2 atom stereocenters. The minimum absolute atomic E-state index is 0.288. The number of hydrogen-bond donors (Lipinski definition) is 0. The molecule has 0 bridgehead atoms. The highest BCUT2D eigenvalue weighted by Gasteiger charge is 2.29. The fourth-order valence-electron chi connectivity index (χ4n) is 2.79. The molecule has 0 spiro atoms. The molecular formula is C13H16N2. The molecule has 0 saturated carbocycles. The van der Waals surface area contributed by atoms with E-state index in [-0.39, 0.29) is 6.04 Å². The smallest absolute Gasteiger partial charge is 0.113 e. The number of nitrogens with zero attached hydrogens (tertiary/aromatic N) is 2. The molecule has 0 radical (unpaired) electrons. The van der Waals surface area contributed by atoms with Crippen molar-refractivity contribution >= 4 is 0 Å². The van der Waals surface area contributed by atoms with Crippen LogP contribution in [0.5, 0.6) is 0 Å². The average Bonchev–Trinajstić information content (AvgIpc) is 2.48. The van der Waals surface area contributed by atoms with Crippen LogP contribution in [-0.2, 0) is 0 Å². The summed E-state index contributed by atoms with van der Waals surface area (Å²) in [5, 5.41) is 8.66. The average molecular weight is 200 g/mol. The quantitative estimate of drug-likeness (QED) is 0.535. The Morgan fingerprint density at radius 1 is 1.33 bits per heavy atom. The lowest BCUT2D eigenvalue weighted by Gasteiger charge is -2.26. The number of allylic oxidation sites excluding steroid dienone is 4. The molecule has 2 heteroatoms. The molecule has 2 aliphatic carbocycles. The lowest BCUT2D eigenvalue weighted by molar-refractivity contribution is 0.536. The number of fused-ring (bicyclic) bond motifs is 3. The van der Waals surface area contributed by atoms with Gasteiger partial charge in [-0.2, -0.15) is 10.2 Å². The van der Waals surface area contributed by atoms with Crippen LogP contribution in [0.2, 0.25) is 0 Å². The van der Waals surface area contributed by atoms with Gasteiger partial charge in [0.15, 0.2) is 0 Å². The van der Waals surface area contributed by atoms with Gasteiger partial charge in [-0.05, 0) is 42.7 Å². The van der Waals surface area contributed by atoms with Gasteiger partial charge >= 0.3 is 0 Å². The summed E-state index contributed by atoms with van der Waals surface area (Å²) < 4.78 is 0. The number of rotatable bonds is 0. The zero-order valence-corrected chi connectivity index (χ0v) is 8.89. The van der Waals surface area contributed by atoms with Gasteiger partial charge in [-0.1, -0.05) is 24.3 Å². The molecule has 3 rings (SSSR count). The summed E-state index contributed by atoms with van der Waals surface area (Å²) in [6.07, 6.45) is 13.9. The Morgan fingerprint density at radius 3 is 3.33 bits per heavy atom. The minimum Gasteiger partial charge on any atom is -0.193 e. The molecule has 0 saturated heterocycles. The Kier molecular flexibility index (Phi) is 2.28. The van der Waals surface area contributed by atoms with Crippen LogP contribution in [0.25, 0.3) is 0 Å². The SMILES string of the molecule is C1=CCC2CCC=C3CCN=NC3C2=C1. The molecule has 0 fully saturated rings. The van der Waals surface area contributed by atoms with Crippen molar-refractivity contribution in [2.24, 2.45) is 16.1 Å². The topological polar surface area (TPSA) is 24.7 Å².